The van der Waals surface area contributed by atoms with E-state index < -0.39 is 15.6 Å². The summed E-state index contributed by atoms with van der Waals surface area (Å²) in [7, 11) is -3.72. The maximum Gasteiger partial charge on any atom is 0.410 e. The summed E-state index contributed by atoms with van der Waals surface area (Å²) in [5, 5.41) is 0. The van der Waals surface area contributed by atoms with Crippen LogP contribution in [0.5, 0.6) is 0 Å². The number of carbonyl (C=O) groups is 1. The number of pyridine rings is 1. The monoisotopic (exact) mass is 474 g/mol. The number of nitrogens with zero attached hydrogens (tertiary/aromatic N) is 2. The smallest absolute Gasteiger partial charge is 0.410 e. The van der Waals surface area contributed by atoms with Crippen LogP contribution in [0.15, 0.2) is 21.6 Å². The molecule has 3 rings (SSSR count). The number of aromatic nitrogens is 1. The third-order valence-corrected chi connectivity index (χ3v) is 7.09. The number of nitrogens with one attached hydrogen (secondary N) is 1. The first-order chi connectivity index (χ1) is 12.9. The van der Waals surface area contributed by atoms with Gasteiger partial charge in [-0.05, 0) is 73.4 Å². The molecule has 1 aromatic rings. The molecule has 1 saturated carbocycles. The molecule has 1 saturated heterocycles. The first-order valence-corrected chi connectivity index (χ1v) is 11.6. The van der Waals surface area contributed by atoms with Crippen molar-refractivity contribution in [1.82, 2.24) is 14.6 Å². The number of ether oxygens (including phenoxy) is 1. The number of hydrogen-bond acceptors (Lipinski definition) is 6. The fraction of sp³-hybridized carbons (Fsp3) is 0.667. The quantitative estimate of drug-likeness (QED) is 0.692. The standard InChI is InChI=1S/C18H27BrN4O4S/c1-18(2,3)27-17(24)23-9-12-4-11(5-13(12)10-23)7-22-28(25,26)15-6-14(19)8-21-16(15)20/h6,8,11-13,22H,4-5,7,9-10H2,1-3H3,(H2,20,21). The van der Waals surface area contributed by atoms with E-state index in [0.717, 1.165) is 12.8 Å². The Morgan fingerprint density at radius 3 is 2.54 bits per heavy atom. The predicted molar refractivity (Wildman–Crippen MR) is 109 cm³/mol. The van der Waals surface area contributed by atoms with Crippen molar-refractivity contribution in [3.63, 3.8) is 0 Å². The van der Waals surface area contributed by atoms with E-state index in [-0.39, 0.29) is 22.7 Å². The molecule has 156 valence electrons. The van der Waals surface area contributed by atoms with Gasteiger partial charge in [0, 0.05) is 30.3 Å². The summed E-state index contributed by atoms with van der Waals surface area (Å²) in [4.78, 5) is 17.9. The summed E-state index contributed by atoms with van der Waals surface area (Å²) < 4.78 is 33.8. The van der Waals surface area contributed by atoms with Gasteiger partial charge in [-0.15, -0.1) is 0 Å². The van der Waals surface area contributed by atoms with E-state index in [4.69, 9.17) is 10.5 Å². The number of amides is 1. The van der Waals surface area contributed by atoms with Gasteiger partial charge in [-0.2, -0.15) is 0 Å². The van der Waals surface area contributed by atoms with E-state index in [1.807, 2.05) is 20.8 Å². The molecular formula is C18H27BrN4O4S. The van der Waals surface area contributed by atoms with E-state index in [0.29, 0.717) is 35.9 Å². The number of rotatable bonds is 4. The lowest BCUT2D eigenvalue weighted by molar-refractivity contribution is 0.0278. The van der Waals surface area contributed by atoms with Crippen LogP contribution in [0.2, 0.25) is 0 Å². The number of nitrogens with two attached hydrogens (primary N) is 1. The third kappa shape index (κ3) is 4.96. The second-order valence-corrected chi connectivity index (χ2v) is 11.3. The Bertz CT molecular complexity index is 842. The van der Waals surface area contributed by atoms with Crippen LogP contribution in [0.3, 0.4) is 0 Å². The van der Waals surface area contributed by atoms with Gasteiger partial charge in [0.25, 0.3) is 0 Å². The molecule has 10 heteroatoms. The van der Waals surface area contributed by atoms with E-state index in [9.17, 15) is 13.2 Å². The van der Waals surface area contributed by atoms with Gasteiger partial charge in [0.15, 0.2) is 0 Å². The van der Waals surface area contributed by atoms with Crippen LogP contribution < -0.4 is 10.5 Å². The molecule has 0 radical (unpaired) electrons. The summed E-state index contributed by atoms with van der Waals surface area (Å²) in [5.74, 6) is 0.998. The summed E-state index contributed by atoms with van der Waals surface area (Å²) in [6.45, 7) is 7.27. The molecule has 28 heavy (non-hydrogen) atoms. The topological polar surface area (TPSA) is 115 Å². The van der Waals surface area contributed by atoms with Gasteiger partial charge in [-0.1, -0.05) is 0 Å². The molecule has 0 bridgehead atoms. The van der Waals surface area contributed by atoms with Gasteiger partial charge < -0.3 is 15.4 Å². The minimum absolute atomic E-state index is 0.0174. The van der Waals surface area contributed by atoms with Crippen LogP contribution in [0, 0.1) is 17.8 Å². The van der Waals surface area contributed by atoms with Gasteiger partial charge in [0.2, 0.25) is 10.0 Å². The van der Waals surface area contributed by atoms with Gasteiger partial charge in [-0.25, -0.2) is 22.9 Å². The molecule has 2 aliphatic rings. The van der Waals surface area contributed by atoms with Gasteiger partial charge in [-0.3, -0.25) is 0 Å². The Labute approximate surface area is 174 Å². The Balaban J connectivity index is 1.53. The van der Waals surface area contributed by atoms with Crippen molar-refractivity contribution in [1.29, 1.82) is 0 Å². The number of sulfonamides is 1. The first kappa shape index (κ1) is 21.3. The van der Waals surface area contributed by atoms with Crippen LogP contribution in [-0.2, 0) is 14.8 Å². The van der Waals surface area contributed by atoms with Crippen LogP contribution >= 0.6 is 15.9 Å². The van der Waals surface area contributed by atoms with Crippen molar-refractivity contribution in [3.8, 4) is 0 Å². The maximum absolute atomic E-state index is 12.6. The Hall–Kier alpha value is -1.39. The van der Waals surface area contributed by atoms with Crippen LogP contribution in [0.4, 0.5) is 10.6 Å². The molecule has 0 spiro atoms. The highest BCUT2D eigenvalue weighted by Gasteiger charge is 2.43. The average molecular weight is 475 g/mol. The van der Waals surface area contributed by atoms with Gasteiger partial charge in [0.05, 0.1) is 0 Å². The lowest BCUT2D eigenvalue weighted by atomic mass is 10.0. The second-order valence-electron chi connectivity index (χ2n) is 8.63. The number of carbonyl (C=O) groups excluding carboxylic acids is 1. The van der Waals surface area contributed by atoms with Gasteiger partial charge in [0.1, 0.15) is 16.3 Å². The fourth-order valence-electron chi connectivity index (χ4n) is 4.02. The van der Waals surface area contributed by atoms with E-state index in [1.54, 1.807) is 4.90 Å². The lowest BCUT2D eigenvalue weighted by Gasteiger charge is -2.25. The molecule has 8 nitrogen and oxygen atoms in total. The zero-order valence-corrected chi connectivity index (χ0v) is 18.7. The summed E-state index contributed by atoms with van der Waals surface area (Å²) in [6.07, 6.45) is 2.97. The Morgan fingerprint density at radius 1 is 1.36 bits per heavy atom. The molecule has 2 atom stereocenters. The largest absolute Gasteiger partial charge is 0.444 e. The predicted octanol–water partition coefficient (Wildman–Crippen LogP) is 2.60. The lowest BCUT2D eigenvalue weighted by Crippen LogP contribution is -2.36. The van der Waals surface area contributed by atoms with Crippen molar-refractivity contribution in [3.05, 3.63) is 16.7 Å². The maximum atomic E-state index is 12.6. The molecule has 2 fully saturated rings. The van der Waals surface area contributed by atoms with Crippen molar-refractivity contribution < 1.29 is 17.9 Å². The number of hydrogen-bond donors (Lipinski definition) is 2. The SMILES string of the molecule is CC(C)(C)OC(=O)N1CC2CC(CNS(=O)(=O)c3cc(Br)cnc3N)CC2C1. The molecule has 0 aromatic carbocycles. The average Bonchev–Trinajstić information content (AvgIpc) is 3.12. The fourth-order valence-corrected chi connectivity index (χ4v) is 5.72. The molecule has 2 unspecified atom stereocenters. The highest BCUT2D eigenvalue weighted by molar-refractivity contribution is 9.10. The second kappa shape index (κ2) is 7.79. The van der Waals surface area contributed by atoms with E-state index in [1.165, 1.54) is 12.3 Å². The molecular weight excluding hydrogens is 448 g/mol. The van der Waals surface area contributed by atoms with Crippen LogP contribution in [-0.4, -0.2) is 49.6 Å². The molecule has 1 amide bonds. The normalized spacial score (nSPS) is 25.0. The zero-order valence-electron chi connectivity index (χ0n) is 16.3. The molecule has 1 aliphatic carbocycles. The van der Waals surface area contributed by atoms with Crippen LogP contribution in [0.25, 0.3) is 0 Å². The number of anilines is 1. The third-order valence-electron chi connectivity index (χ3n) is 5.20. The van der Waals surface area contributed by atoms with Gasteiger partial charge >= 0.3 is 6.09 Å². The number of nitrogen functional groups attached to an aromatic ring is 1. The highest BCUT2D eigenvalue weighted by atomic mass is 79.9. The van der Waals surface area contributed by atoms with Crippen molar-refractivity contribution >= 4 is 37.9 Å². The number of halogens is 1. The zero-order chi connectivity index (χ0) is 20.7. The molecule has 2 heterocycles. The molecule has 1 aliphatic heterocycles. The first-order valence-electron chi connectivity index (χ1n) is 9.33. The number of likely N-dealkylation sites (tertiary alicyclic amines) is 1. The number of fused-ring (bicyclic) bond motifs is 1. The van der Waals surface area contributed by atoms with Crippen LogP contribution in [0.1, 0.15) is 33.6 Å². The van der Waals surface area contributed by atoms with Crippen molar-refractivity contribution in [2.24, 2.45) is 17.8 Å². The minimum Gasteiger partial charge on any atom is -0.444 e. The molecule has 1 aromatic heterocycles. The summed E-state index contributed by atoms with van der Waals surface area (Å²) in [5.41, 5.74) is 5.22. The summed E-state index contributed by atoms with van der Waals surface area (Å²) >= 11 is 3.22. The highest BCUT2D eigenvalue weighted by Crippen LogP contribution is 2.41. The molecule has 3 N–H and O–H groups in total. The summed E-state index contributed by atoms with van der Waals surface area (Å²) in [6, 6.07) is 1.45. The Morgan fingerprint density at radius 2 is 1.96 bits per heavy atom. The van der Waals surface area contributed by atoms with E-state index >= 15 is 0 Å². The van der Waals surface area contributed by atoms with Crippen molar-refractivity contribution in [2.75, 3.05) is 25.4 Å². The minimum atomic E-state index is -3.72. The van der Waals surface area contributed by atoms with Crippen molar-refractivity contribution in [2.45, 2.75) is 44.1 Å². The van der Waals surface area contributed by atoms with E-state index in [2.05, 4.69) is 25.6 Å². The Kier molecular flexibility index (Phi) is 5.94.